The zero-order valence-corrected chi connectivity index (χ0v) is 13.3. The van der Waals surface area contributed by atoms with Crippen molar-refractivity contribution in [1.82, 2.24) is 5.32 Å². The van der Waals surface area contributed by atoms with Gasteiger partial charge in [0.15, 0.2) is 0 Å². The maximum Gasteiger partial charge on any atom is 0.254 e. The second kappa shape index (κ2) is 7.25. The molecule has 3 rings (SSSR count). The molecule has 4 nitrogen and oxygen atoms in total. The molecule has 2 aromatic rings. The van der Waals surface area contributed by atoms with Crippen LogP contribution >= 0.6 is 0 Å². The van der Waals surface area contributed by atoms with E-state index in [0.29, 0.717) is 6.54 Å². The van der Waals surface area contributed by atoms with E-state index < -0.39 is 11.7 Å². The fourth-order valence-electron chi connectivity index (χ4n) is 2.95. The molecule has 0 atom stereocenters. The molecule has 0 aliphatic carbocycles. The van der Waals surface area contributed by atoms with E-state index in [4.69, 9.17) is 0 Å². The number of hydrogen-bond acceptors (Lipinski definition) is 2. The van der Waals surface area contributed by atoms with Crippen molar-refractivity contribution in [1.29, 1.82) is 0 Å². The van der Waals surface area contributed by atoms with Crippen molar-refractivity contribution in [2.45, 2.75) is 19.3 Å². The summed E-state index contributed by atoms with van der Waals surface area (Å²) < 4.78 is 13.5. The molecule has 0 radical (unpaired) electrons. The summed E-state index contributed by atoms with van der Waals surface area (Å²) in [5.74, 6) is -1.10. The second-order valence-electron chi connectivity index (χ2n) is 5.76. The molecule has 0 spiro atoms. The molecule has 0 aromatic heterocycles. The van der Waals surface area contributed by atoms with E-state index in [-0.39, 0.29) is 24.4 Å². The van der Waals surface area contributed by atoms with Crippen LogP contribution in [0.3, 0.4) is 0 Å². The van der Waals surface area contributed by atoms with Crippen LogP contribution in [0.15, 0.2) is 48.5 Å². The molecular weight excluding hydrogens is 307 g/mol. The van der Waals surface area contributed by atoms with Crippen molar-refractivity contribution in [2.75, 3.05) is 18.0 Å². The molecule has 1 aliphatic rings. The van der Waals surface area contributed by atoms with Crippen molar-refractivity contribution < 1.29 is 14.0 Å². The first-order valence-electron chi connectivity index (χ1n) is 8.08. The molecule has 0 unspecified atom stereocenters. The highest BCUT2D eigenvalue weighted by Crippen LogP contribution is 2.27. The minimum Gasteiger partial charge on any atom is -0.351 e. The number of para-hydroxylation sites is 1. The molecule has 1 heterocycles. The van der Waals surface area contributed by atoms with Gasteiger partial charge in [0.25, 0.3) is 5.91 Å². The predicted octanol–water partition coefficient (Wildman–Crippen LogP) is 2.93. The van der Waals surface area contributed by atoms with Crippen molar-refractivity contribution in [2.24, 2.45) is 0 Å². The normalized spacial score (nSPS) is 13.3. The number of anilines is 1. The zero-order chi connectivity index (χ0) is 16.9. The smallest absolute Gasteiger partial charge is 0.254 e. The Labute approximate surface area is 140 Å². The molecule has 2 amide bonds. The summed E-state index contributed by atoms with van der Waals surface area (Å²) in [5, 5.41) is 2.61. The van der Waals surface area contributed by atoms with E-state index in [1.807, 2.05) is 24.3 Å². The van der Waals surface area contributed by atoms with Gasteiger partial charge in [-0.2, -0.15) is 0 Å². The van der Waals surface area contributed by atoms with Crippen LogP contribution in [0.2, 0.25) is 0 Å². The number of nitrogens with zero attached hydrogens (tertiary/aromatic N) is 1. The van der Waals surface area contributed by atoms with Gasteiger partial charge in [-0.15, -0.1) is 0 Å². The number of amides is 2. The molecule has 1 aliphatic heterocycles. The minimum atomic E-state index is -0.564. The van der Waals surface area contributed by atoms with Gasteiger partial charge in [-0.25, -0.2) is 4.39 Å². The molecular formula is C19H19FN2O2. The molecule has 0 saturated carbocycles. The molecule has 2 aromatic carbocycles. The predicted molar refractivity (Wildman–Crippen MR) is 90.5 cm³/mol. The number of aryl methyl sites for hydroxylation is 1. The largest absolute Gasteiger partial charge is 0.351 e. The van der Waals surface area contributed by atoms with Gasteiger partial charge in [-0.05, 0) is 36.6 Å². The Kier molecular flexibility index (Phi) is 4.89. The Morgan fingerprint density at radius 1 is 1.08 bits per heavy atom. The summed E-state index contributed by atoms with van der Waals surface area (Å²) in [5.41, 5.74) is 2.12. The highest BCUT2D eigenvalue weighted by Gasteiger charge is 2.21. The summed E-state index contributed by atoms with van der Waals surface area (Å²) in [7, 11) is 0. The zero-order valence-electron chi connectivity index (χ0n) is 13.3. The number of hydrogen-bond donors (Lipinski definition) is 1. The van der Waals surface area contributed by atoms with E-state index in [1.54, 1.807) is 11.0 Å². The Morgan fingerprint density at radius 3 is 2.67 bits per heavy atom. The number of carbonyl (C=O) groups is 2. The van der Waals surface area contributed by atoms with Crippen LogP contribution < -0.4 is 10.2 Å². The van der Waals surface area contributed by atoms with Gasteiger partial charge >= 0.3 is 0 Å². The van der Waals surface area contributed by atoms with Gasteiger partial charge in [0.1, 0.15) is 5.82 Å². The molecule has 5 heteroatoms. The molecule has 24 heavy (non-hydrogen) atoms. The third-order valence-corrected chi connectivity index (χ3v) is 4.15. The van der Waals surface area contributed by atoms with Crippen LogP contribution in [0, 0.1) is 5.82 Å². The molecule has 1 N–H and O–H groups in total. The molecule has 0 fully saturated rings. The number of halogens is 1. The number of fused-ring (bicyclic) bond motifs is 1. The first kappa shape index (κ1) is 16.2. The van der Waals surface area contributed by atoms with Gasteiger partial charge in [0, 0.05) is 25.2 Å². The number of nitrogens with one attached hydrogen (secondary N) is 1. The summed E-state index contributed by atoms with van der Waals surface area (Å²) >= 11 is 0. The topological polar surface area (TPSA) is 49.4 Å². The van der Waals surface area contributed by atoms with Crippen LogP contribution in [-0.4, -0.2) is 24.9 Å². The Bertz CT molecular complexity index is 761. The van der Waals surface area contributed by atoms with Crippen molar-refractivity contribution in [3.63, 3.8) is 0 Å². The number of benzene rings is 2. The molecule has 0 bridgehead atoms. The minimum absolute atomic E-state index is 0.00623. The lowest BCUT2D eigenvalue weighted by Gasteiger charge is -2.29. The Morgan fingerprint density at radius 2 is 1.83 bits per heavy atom. The average molecular weight is 326 g/mol. The third kappa shape index (κ3) is 3.45. The summed E-state index contributed by atoms with van der Waals surface area (Å²) in [6, 6.07) is 13.7. The molecule has 0 saturated heterocycles. The van der Waals surface area contributed by atoms with Gasteiger partial charge < -0.3 is 10.2 Å². The van der Waals surface area contributed by atoms with Crippen LogP contribution in [-0.2, 0) is 11.2 Å². The van der Waals surface area contributed by atoms with E-state index in [0.717, 1.165) is 18.5 Å². The van der Waals surface area contributed by atoms with Crippen molar-refractivity contribution >= 4 is 17.5 Å². The lowest BCUT2D eigenvalue weighted by atomic mass is 10.0. The van der Waals surface area contributed by atoms with Gasteiger partial charge in [0.2, 0.25) is 5.91 Å². The monoisotopic (exact) mass is 326 g/mol. The first-order valence-corrected chi connectivity index (χ1v) is 8.08. The highest BCUT2D eigenvalue weighted by molar-refractivity contribution is 5.96. The second-order valence-corrected chi connectivity index (χ2v) is 5.76. The van der Waals surface area contributed by atoms with E-state index in [1.165, 1.54) is 23.8 Å². The van der Waals surface area contributed by atoms with Gasteiger partial charge in [0.05, 0.1) is 5.56 Å². The fourth-order valence-corrected chi connectivity index (χ4v) is 2.95. The maximum absolute atomic E-state index is 13.5. The fraction of sp³-hybridized carbons (Fsp3) is 0.263. The Hall–Kier alpha value is -2.69. The first-order chi connectivity index (χ1) is 11.7. The van der Waals surface area contributed by atoms with Gasteiger partial charge in [-0.3, -0.25) is 9.59 Å². The highest BCUT2D eigenvalue weighted by atomic mass is 19.1. The van der Waals surface area contributed by atoms with E-state index in [2.05, 4.69) is 5.32 Å². The van der Waals surface area contributed by atoms with Gasteiger partial charge in [-0.1, -0.05) is 30.3 Å². The third-order valence-electron chi connectivity index (χ3n) is 4.15. The van der Waals surface area contributed by atoms with E-state index in [9.17, 15) is 14.0 Å². The lowest BCUT2D eigenvalue weighted by Crippen LogP contribution is -2.37. The van der Waals surface area contributed by atoms with Crippen LogP contribution in [0.25, 0.3) is 0 Å². The van der Waals surface area contributed by atoms with Crippen molar-refractivity contribution in [3.8, 4) is 0 Å². The number of rotatable bonds is 4. The SMILES string of the molecule is O=C(NCCC(=O)N1CCCc2ccccc21)c1ccccc1F. The summed E-state index contributed by atoms with van der Waals surface area (Å²) in [4.78, 5) is 26.2. The number of carbonyl (C=O) groups excluding carboxylic acids is 2. The van der Waals surface area contributed by atoms with Crippen LogP contribution in [0.5, 0.6) is 0 Å². The van der Waals surface area contributed by atoms with E-state index >= 15 is 0 Å². The lowest BCUT2D eigenvalue weighted by molar-refractivity contribution is -0.118. The standard InChI is InChI=1S/C19H19FN2O2/c20-16-9-3-2-8-15(16)19(24)21-12-11-18(23)22-13-5-7-14-6-1-4-10-17(14)22/h1-4,6,8-10H,5,7,11-13H2,(H,21,24). The Balaban J connectivity index is 1.57. The van der Waals surface area contributed by atoms with Crippen LogP contribution in [0.1, 0.15) is 28.8 Å². The molecule has 124 valence electrons. The quantitative estimate of drug-likeness (QED) is 0.939. The summed E-state index contributed by atoms with van der Waals surface area (Å²) in [6.45, 7) is 0.877. The van der Waals surface area contributed by atoms with Crippen molar-refractivity contribution in [3.05, 3.63) is 65.5 Å². The maximum atomic E-state index is 13.5. The average Bonchev–Trinajstić information content (AvgIpc) is 2.61. The van der Waals surface area contributed by atoms with Crippen LogP contribution in [0.4, 0.5) is 10.1 Å². The summed E-state index contributed by atoms with van der Waals surface area (Å²) in [6.07, 6.45) is 2.10.